The molecule has 0 aliphatic carbocycles. The molecule has 3 heteroatoms. The molecule has 0 radical (unpaired) electrons. The third kappa shape index (κ3) is 2.15. The first kappa shape index (κ1) is 12.4. The third-order valence-corrected chi connectivity index (χ3v) is 5.11. The lowest BCUT2D eigenvalue weighted by Crippen LogP contribution is -2.61. The zero-order chi connectivity index (χ0) is 13.4. The summed E-state index contributed by atoms with van der Waals surface area (Å²) in [6, 6.07) is 8.62. The molecule has 20 heavy (non-hydrogen) atoms. The van der Waals surface area contributed by atoms with E-state index in [4.69, 9.17) is 0 Å². The first-order valence-electron chi connectivity index (χ1n) is 7.83. The second-order valence-electron chi connectivity index (χ2n) is 6.59. The van der Waals surface area contributed by atoms with Gasteiger partial charge in [-0.25, -0.2) is 0 Å². The Kier molecular flexibility index (Phi) is 3.04. The van der Waals surface area contributed by atoms with Crippen molar-refractivity contribution in [1.29, 1.82) is 0 Å². The Labute approximate surface area is 120 Å². The molecule has 0 bridgehead atoms. The number of para-hydroxylation sites is 1. The van der Waals surface area contributed by atoms with Crippen LogP contribution in [0.25, 0.3) is 10.9 Å². The second-order valence-corrected chi connectivity index (χ2v) is 6.59. The molecule has 2 N–H and O–H groups in total. The van der Waals surface area contributed by atoms with Gasteiger partial charge in [-0.05, 0) is 37.4 Å². The lowest BCUT2D eigenvalue weighted by atomic mass is 9.75. The Morgan fingerprint density at radius 2 is 2.10 bits per heavy atom. The molecule has 0 amide bonds. The highest BCUT2D eigenvalue weighted by Crippen LogP contribution is 2.33. The highest BCUT2D eigenvalue weighted by molar-refractivity contribution is 5.83. The number of piperidine rings is 1. The Morgan fingerprint density at radius 1 is 1.20 bits per heavy atom. The average molecular weight is 269 g/mol. The van der Waals surface area contributed by atoms with Crippen molar-refractivity contribution in [2.45, 2.75) is 19.3 Å². The van der Waals surface area contributed by atoms with Crippen molar-refractivity contribution in [2.75, 3.05) is 32.7 Å². The molecule has 2 aromatic rings. The molecule has 2 aliphatic rings. The van der Waals surface area contributed by atoms with Crippen LogP contribution in [0.4, 0.5) is 0 Å². The van der Waals surface area contributed by atoms with Crippen LogP contribution in [0.15, 0.2) is 30.5 Å². The fourth-order valence-corrected chi connectivity index (χ4v) is 3.89. The first-order valence-corrected chi connectivity index (χ1v) is 7.83. The lowest BCUT2D eigenvalue weighted by molar-refractivity contribution is 0.0423. The molecule has 1 spiro atoms. The van der Waals surface area contributed by atoms with Crippen LogP contribution in [0.2, 0.25) is 0 Å². The summed E-state index contributed by atoms with van der Waals surface area (Å²) >= 11 is 0. The minimum atomic E-state index is 0.610. The number of benzene rings is 1. The van der Waals surface area contributed by atoms with Gasteiger partial charge in [0.05, 0.1) is 0 Å². The molecule has 1 aromatic carbocycles. The van der Waals surface area contributed by atoms with Gasteiger partial charge >= 0.3 is 0 Å². The molecule has 4 rings (SSSR count). The summed E-state index contributed by atoms with van der Waals surface area (Å²) in [4.78, 5) is 6.06. The zero-order valence-corrected chi connectivity index (χ0v) is 12.0. The van der Waals surface area contributed by atoms with E-state index in [2.05, 4.69) is 45.7 Å². The third-order valence-electron chi connectivity index (χ3n) is 5.11. The van der Waals surface area contributed by atoms with Crippen molar-refractivity contribution in [2.24, 2.45) is 5.41 Å². The average Bonchev–Trinajstić information content (AvgIpc) is 2.87. The highest BCUT2D eigenvalue weighted by atomic mass is 15.2. The number of nitrogens with one attached hydrogen (secondary N) is 2. The maximum Gasteiger partial charge on any atom is 0.0456 e. The van der Waals surface area contributed by atoms with Crippen LogP contribution in [0, 0.1) is 5.41 Å². The minimum absolute atomic E-state index is 0.610. The highest BCUT2D eigenvalue weighted by Gasteiger charge is 2.40. The van der Waals surface area contributed by atoms with Crippen LogP contribution in [-0.4, -0.2) is 42.6 Å². The summed E-state index contributed by atoms with van der Waals surface area (Å²) in [7, 11) is 0. The standard InChI is InChI=1S/C17H23N3/c1-2-5-16-15(4-1)14(10-19-16)6-9-20-8-3-7-17(13-20)11-18-12-17/h1-2,4-5,10,18-19H,3,6-9,11-13H2. The van der Waals surface area contributed by atoms with Crippen molar-refractivity contribution in [1.82, 2.24) is 15.2 Å². The van der Waals surface area contributed by atoms with Crippen LogP contribution in [0.3, 0.4) is 0 Å². The number of rotatable bonds is 3. The molecule has 106 valence electrons. The predicted molar refractivity (Wildman–Crippen MR) is 83.0 cm³/mol. The summed E-state index contributed by atoms with van der Waals surface area (Å²) in [6.07, 6.45) is 6.14. The lowest BCUT2D eigenvalue weighted by Gasteiger charge is -2.49. The van der Waals surface area contributed by atoms with E-state index in [0.29, 0.717) is 5.41 Å². The summed E-state index contributed by atoms with van der Waals surface area (Å²) in [5.74, 6) is 0. The van der Waals surface area contributed by atoms with Crippen molar-refractivity contribution in [3.8, 4) is 0 Å². The smallest absolute Gasteiger partial charge is 0.0456 e. The van der Waals surface area contributed by atoms with Gasteiger partial charge in [-0.2, -0.15) is 0 Å². The van der Waals surface area contributed by atoms with E-state index in [1.807, 2.05) is 0 Å². The van der Waals surface area contributed by atoms with E-state index >= 15 is 0 Å². The second kappa shape index (κ2) is 4.90. The largest absolute Gasteiger partial charge is 0.361 e. The van der Waals surface area contributed by atoms with E-state index in [1.54, 1.807) is 0 Å². The molecule has 0 unspecified atom stereocenters. The van der Waals surface area contributed by atoms with Gasteiger partial charge in [-0.3, -0.25) is 0 Å². The SMILES string of the molecule is c1ccc2c(CCN3CCCC4(CNC4)C3)c[nH]c2c1. The quantitative estimate of drug-likeness (QED) is 0.896. The molecule has 0 atom stereocenters. The maximum atomic E-state index is 3.45. The van der Waals surface area contributed by atoms with Gasteiger partial charge < -0.3 is 15.2 Å². The van der Waals surface area contributed by atoms with Crippen LogP contribution in [0.1, 0.15) is 18.4 Å². The molecule has 2 saturated heterocycles. The molecule has 0 saturated carbocycles. The minimum Gasteiger partial charge on any atom is -0.361 e. The fraction of sp³-hybridized carbons (Fsp3) is 0.529. The van der Waals surface area contributed by atoms with E-state index in [0.717, 1.165) is 6.42 Å². The van der Waals surface area contributed by atoms with Crippen LogP contribution < -0.4 is 5.32 Å². The number of fused-ring (bicyclic) bond motifs is 1. The van der Waals surface area contributed by atoms with Crippen LogP contribution in [0.5, 0.6) is 0 Å². The van der Waals surface area contributed by atoms with Crippen LogP contribution >= 0.6 is 0 Å². The van der Waals surface area contributed by atoms with Crippen molar-refractivity contribution < 1.29 is 0 Å². The van der Waals surface area contributed by atoms with Crippen LogP contribution in [-0.2, 0) is 6.42 Å². The number of likely N-dealkylation sites (tertiary alicyclic amines) is 1. The number of aromatic nitrogens is 1. The monoisotopic (exact) mass is 269 g/mol. The first-order chi connectivity index (χ1) is 9.85. The maximum absolute atomic E-state index is 3.45. The van der Waals surface area contributed by atoms with E-state index in [9.17, 15) is 0 Å². The summed E-state index contributed by atoms with van der Waals surface area (Å²) in [5, 5.41) is 4.85. The Bertz CT molecular complexity index is 597. The Hall–Kier alpha value is -1.32. The predicted octanol–water partition coefficient (Wildman–Crippen LogP) is 2.40. The normalized spacial score (nSPS) is 22.2. The molecule has 3 heterocycles. The molecule has 1 aromatic heterocycles. The van der Waals surface area contributed by atoms with Gasteiger partial charge in [-0.1, -0.05) is 18.2 Å². The van der Waals surface area contributed by atoms with E-state index < -0.39 is 0 Å². The molecular formula is C17H23N3. The fourth-order valence-electron chi connectivity index (χ4n) is 3.89. The molecule has 2 aliphatic heterocycles. The number of hydrogen-bond acceptors (Lipinski definition) is 2. The van der Waals surface area contributed by atoms with Gasteiger partial charge in [0.1, 0.15) is 0 Å². The molecule has 3 nitrogen and oxygen atoms in total. The Morgan fingerprint density at radius 3 is 2.95 bits per heavy atom. The van der Waals surface area contributed by atoms with E-state index in [-0.39, 0.29) is 0 Å². The van der Waals surface area contributed by atoms with Crippen molar-refractivity contribution >= 4 is 10.9 Å². The number of H-pyrrole nitrogens is 1. The van der Waals surface area contributed by atoms with Gasteiger partial charge in [0.15, 0.2) is 0 Å². The zero-order valence-electron chi connectivity index (χ0n) is 12.0. The van der Waals surface area contributed by atoms with Gasteiger partial charge in [0.2, 0.25) is 0 Å². The van der Waals surface area contributed by atoms with E-state index in [1.165, 1.54) is 62.0 Å². The summed E-state index contributed by atoms with van der Waals surface area (Å²) < 4.78 is 0. The number of aromatic amines is 1. The van der Waals surface area contributed by atoms with Crippen molar-refractivity contribution in [3.05, 3.63) is 36.0 Å². The number of nitrogens with zero attached hydrogens (tertiary/aromatic N) is 1. The summed E-state index contributed by atoms with van der Waals surface area (Å²) in [6.45, 7) is 6.24. The Balaban J connectivity index is 1.42. The van der Waals surface area contributed by atoms with Gasteiger partial charge in [-0.15, -0.1) is 0 Å². The van der Waals surface area contributed by atoms with Gasteiger partial charge in [0, 0.05) is 48.7 Å². The van der Waals surface area contributed by atoms with Crippen molar-refractivity contribution in [3.63, 3.8) is 0 Å². The topological polar surface area (TPSA) is 31.1 Å². The molecular weight excluding hydrogens is 246 g/mol. The summed E-state index contributed by atoms with van der Waals surface area (Å²) in [5.41, 5.74) is 3.34. The number of hydrogen-bond donors (Lipinski definition) is 2. The molecule has 2 fully saturated rings. The van der Waals surface area contributed by atoms with Gasteiger partial charge in [0.25, 0.3) is 0 Å².